The Bertz CT molecular complexity index is 2220. The van der Waals surface area contributed by atoms with Crippen LogP contribution in [0.1, 0.15) is 48.0 Å². The topological polar surface area (TPSA) is 136 Å². The van der Waals surface area contributed by atoms with Gasteiger partial charge in [0.15, 0.2) is 5.75 Å². The van der Waals surface area contributed by atoms with Gasteiger partial charge in [0.2, 0.25) is 11.8 Å². The molecule has 0 aliphatic carbocycles. The molecule has 290 valence electrons. The van der Waals surface area contributed by atoms with Crippen molar-refractivity contribution in [1.29, 1.82) is 0 Å². The van der Waals surface area contributed by atoms with E-state index in [1.54, 1.807) is 29.5 Å². The Morgan fingerprint density at radius 2 is 1.55 bits per heavy atom. The van der Waals surface area contributed by atoms with Crippen molar-refractivity contribution < 1.29 is 38.4 Å². The summed E-state index contributed by atoms with van der Waals surface area (Å²) in [6, 6.07) is 25.7. The monoisotopic (exact) mass is 839 g/mol. The van der Waals surface area contributed by atoms with E-state index < -0.39 is 11.9 Å². The molecule has 2 aliphatic heterocycles. The number of thiophene rings is 1. The molecule has 1 saturated heterocycles. The van der Waals surface area contributed by atoms with Crippen LogP contribution in [0, 0.1) is 0 Å². The van der Waals surface area contributed by atoms with Gasteiger partial charge in [-0.05, 0) is 97.6 Å². The molecule has 11 nitrogen and oxygen atoms in total. The number of nitrogens with one attached hydrogen (secondary N) is 2. The molecule has 56 heavy (non-hydrogen) atoms. The number of piperidine rings is 1. The normalized spacial score (nSPS) is 15.3. The fourth-order valence-electron chi connectivity index (χ4n) is 6.62. The molecule has 3 heterocycles. The summed E-state index contributed by atoms with van der Waals surface area (Å²) in [5.74, 6) is 1.35. The second-order valence-corrected chi connectivity index (χ2v) is 15.4. The Morgan fingerprint density at radius 3 is 2.30 bits per heavy atom. The number of hydrogen-bond donors (Lipinski definition) is 3. The molecule has 4 aromatic carbocycles. The van der Waals surface area contributed by atoms with Gasteiger partial charge in [-0.25, -0.2) is 0 Å². The molecule has 2 aliphatic rings. The number of fused-ring (bicyclic) bond motifs is 2. The van der Waals surface area contributed by atoms with Crippen molar-refractivity contribution in [2.24, 2.45) is 0 Å². The van der Waals surface area contributed by atoms with E-state index in [1.165, 1.54) is 4.90 Å². The third-order valence-electron chi connectivity index (χ3n) is 9.44. The standard InChI is InChI=1S/C43H42BrN3O8S/c1-27-36-25-30(9-15-34(36)43(51)47(27)37-17-18-39(49)46-42(37)50)45-19-2-20-52-21-3-22-53-23-4-24-54-32-11-13-33(14-12-32)55-40-35-16-10-31(48)26-38(35)56-41(40)28-5-7-29(44)8-6-28/h5-16,25-26,37,45,48H,1-4,17-24H2,(H,46,49,50). The Balaban J connectivity index is 0.750. The van der Waals surface area contributed by atoms with Gasteiger partial charge in [-0.15, -0.1) is 11.3 Å². The highest BCUT2D eigenvalue weighted by molar-refractivity contribution is 9.10. The average Bonchev–Trinajstić information content (AvgIpc) is 3.66. The molecule has 1 unspecified atom stereocenters. The molecule has 13 heteroatoms. The molecule has 0 spiro atoms. The third-order valence-corrected chi connectivity index (χ3v) is 11.2. The fraction of sp³-hybridized carbons (Fsp3) is 0.279. The van der Waals surface area contributed by atoms with Crippen molar-refractivity contribution in [2.45, 2.75) is 38.1 Å². The Morgan fingerprint density at radius 1 is 0.839 bits per heavy atom. The first kappa shape index (κ1) is 39.0. The van der Waals surface area contributed by atoms with E-state index in [-0.39, 0.29) is 30.4 Å². The van der Waals surface area contributed by atoms with Gasteiger partial charge in [0, 0.05) is 82.9 Å². The van der Waals surface area contributed by atoms with Crippen molar-refractivity contribution in [3.05, 3.63) is 107 Å². The number of phenolic OH excluding ortho intramolecular Hbond substituents is 1. The molecule has 3 N–H and O–H groups in total. The van der Waals surface area contributed by atoms with Gasteiger partial charge in [-0.2, -0.15) is 0 Å². The summed E-state index contributed by atoms with van der Waals surface area (Å²) >= 11 is 5.09. The number of carbonyl (C=O) groups is 3. The Hall–Kier alpha value is -5.21. The first-order valence-electron chi connectivity index (χ1n) is 18.6. The maximum absolute atomic E-state index is 13.0. The largest absolute Gasteiger partial charge is 0.508 e. The third kappa shape index (κ3) is 9.24. The van der Waals surface area contributed by atoms with Gasteiger partial charge >= 0.3 is 0 Å². The van der Waals surface area contributed by atoms with Gasteiger partial charge < -0.3 is 29.4 Å². The van der Waals surface area contributed by atoms with E-state index in [1.807, 2.05) is 66.7 Å². The number of carbonyl (C=O) groups excluding carboxylic acids is 3. The quantitative estimate of drug-likeness (QED) is 0.0585. The summed E-state index contributed by atoms with van der Waals surface area (Å²) in [4.78, 5) is 39.4. The number of phenols is 1. The molecule has 3 amide bonds. The van der Waals surface area contributed by atoms with Crippen LogP contribution in [-0.4, -0.2) is 73.3 Å². The number of hydrogen-bond acceptors (Lipinski definition) is 10. The lowest BCUT2D eigenvalue weighted by molar-refractivity contribution is -0.136. The second-order valence-electron chi connectivity index (χ2n) is 13.4. The van der Waals surface area contributed by atoms with Crippen molar-refractivity contribution >= 4 is 66.5 Å². The number of benzene rings is 4. The van der Waals surface area contributed by atoms with Crippen LogP contribution in [0.4, 0.5) is 5.69 Å². The minimum atomic E-state index is -0.735. The Labute approximate surface area is 337 Å². The van der Waals surface area contributed by atoms with Crippen LogP contribution in [0.3, 0.4) is 0 Å². The predicted molar refractivity (Wildman–Crippen MR) is 220 cm³/mol. The Kier molecular flexibility index (Phi) is 12.7. The van der Waals surface area contributed by atoms with E-state index in [2.05, 4.69) is 33.1 Å². The predicted octanol–water partition coefficient (Wildman–Crippen LogP) is 8.75. The van der Waals surface area contributed by atoms with Crippen LogP contribution in [0.2, 0.25) is 0 Å². The minimum Gasteiger partial charge on any atom is -0.508 e. The number of aromatic hydroxyl groups is 1. The number of rotatable bonds is 18. The molecule has 7 rings (SSSR count). The molecular formula is C43H42BrN3O8S. The van der Waals surface area contributed by atoms with Gasteiger partial charge in [0.25, 0.3) is 5.91 Å². The first-order chi connectivity index (χ1) is 27.2. The average molecular weight is 841 g/mol. The van der Waals surface area contributed by atoms with Crippen LogP contribution in [0.5, 0.6) is 23.0 Å². The number of anilines is 1. The van der Waals surface area contributed by atoms with E-state index in [9.17, 15) is 19.5 Å². The molecule has 0 radical (unpaired) electrons. The summed E-state index contributed by atoms with van der Waals surface area (Å²) < 4.78 is 25.8. The van der Waals surface area contributed by atoms with Gasteiger partial charge in [-0.3, -0.25) is 24.6 Å². The maximum Gasteiger partial charge on any atom is 0.259 e. The molecule has 5 aromatic rings. The van der Waals surface area contributed by atoms with E-state index in [0.29, 0.717) is 62.2 Å². The van der Waals surface area contributed by atoms with Crippen LogP contribution in [0.25, 0.3) is 26.2 Å². The maximum atomic E-state index is 13.0. The minimum absolute atomic E-state index is 0.191. The van der Waals surface area contributed by atoms with E-state index in [4.69, 9.17) is 18.9 Å². The van der Waals surface area contributed by atoms with Crippen molar-refractivity contribution in [3.8, 4) is 33.4 Å². The summed E-state index contributed by atoms with van der Waals surface area (Å²) in [6.45, 7) is 7.70. The number of imide groups is 1. The zero-order chi connectivity index (χ0) is 39.0. The lowest BCUT2D eigenvalue weighted by atomic mass is 10.0. The summed E-state index contributed by atoms with van der Waals surface area (Å²) in [5, 5.41) is 16.7. The van der Waals surface area contributed by atoms with Gasteiger partial charge in [0.1, 0.15) is 23.3 Å². The highest BCUT2D eigenvalue weighted by atomic mass is 79.9. The number of amides is 3. The van der Waals surface area contributed by atoms with Crippen LogP contribution in [-0.2, 0) is 19.1 Å². The summed E-state index contributed by atoms with van der Waals surface area (Å²) in [6.07, 6.45) is 2.83. The van der Waals surface area contributed by atoms with Crippen molar-refractivity contribution in [1.82, 2.24) is 10.2 Å². The molecule has 0 bridgehead atoms. The lowest BCUT2D eigenvalue weighted by Crippen LogP contribution is -2.52. The van der Waals surface area contributed by atoms with Crippen LogP contribution in [0.15, 0.2) is 96.0 Å². The van der Waals surface area contributed by atoms with E-state index in [0.717, 1.165) is 61.4 Å². The fourth-order valence-corrected chi connectivity index (χ4v) is 8.05. The molecular weight excluding hydrogens is 798 g/mol. The highest BCUT2D eigenvalue weighted by Gasteiger charge is 2.41. The first-order valence-corrected chi connectivity index (χ1v) is 20.2. The lowest BCUT2D eigenvalue weighted by Gasteiger charge is -2.30. The van der Waals surface area contributed by atoms with E-state index >= 15 is 0 Å². The van der Waals surface area contributed by atoms with Crippen molar-refractivity contribution in [3.63, 3.8) is 0 Å². The van der Waals surface area contributed by atoms with Crippen LogP contribution < -0.4 is 20.1 Å². The molecule has 1 aromatic heterocycles. The number of ether oxygens (including phenoxy) is 4. The molecule has 1 atom stereocenters. The smallest absolute Gasteiger partial charge is 0.259 e. The zero-order valence-corrected chi connectivity index (χ0v) is 33.1. The highest BCUT2D eigenvalue weighted by Crippen LogP contribution is 2.47. The summed E-state index contributed by atoms with van der Waals surface area (Å²) in [7, 11) is 0. The zero-order valence-electron chi connectivity index (χ0n) is 30.7. The number of halogens is 1. The second kappa shape index (κ2) is 18.2. The van der Waals surface area contributed by atoms with Gasteiger partial charge in [-0.1, -0.05) is 34.6 Å². The number of nitrogens with zero attached hydrogens (tertiary/aromatic N) is 1. The molecule has 1 fully saturated rings. The van der Waals surface area contributed by atoms with Crippen LogP contribution >= 0.6 is 27.3 Å². The SMILES string of the molecule is C=C1c2cc(NCCCOCCCOCCCOc3ccc(Oc4c(-c5ccc(Br)cc5)sc5cc(O)ccc45)cc3)ccc2C(=O)N1C1CCC(=O)NC1=O. The summed E-state index contributed by atoms with van der Waals surface area (Å²) in [5.41, 5.74) is 3.54. The van der Waals surface area contributed by atoms with Crippen molar-refractivity contribution in [2.75, 3.05) is 44.9 Å². The van der Waals surface area contributed by atoms with Gasteiger partial charge in [0.05, 0.1) is 11.5 Å². The molecule has 0 saturated carbocycles.